The van der Waals surface area contributed by atoms with E-state index in [-0.39, 0.29) is 44.8 Å². The number of amides is 2. The molecule has 34 heavy (non-hydrogen) atoms. The van der Waals surface area contributed by atoms with Crippen LogP contribution in [-0.2, 0) is 9.47 Å². The Hall–Kier alpha value is -5.12. The minimum absolute atomic E-state index is 0.00661. The van der Waals surface area contributed by atoms with E-state index in [1.807, 2.05) is 0 Å². The second-order valence-corrected chi connectivity index (χ2v) is 7.33. The molecule has 5 rings (SSSR count). The number of carbonyl (C=O) groups is 6. The van der Waals surface area contributed by atoms with Crippen molar-refractivity contribution < 1.29 is 38.2 Å². The van der Waals surface area contributed by atoms with Crippen molar-refractivity contribution in [2.75, 3.05) is 10.6 Å². The predicted octanol–water partition coefficient (Wildman–Crippen LogP) is 2.81. The van der Waals surface area contributed by atoms with Gasteiger partial charge < -0.3 is 20.1 Å². The van der Waals surface area contributed by atoms with Crippen LogP contribution in [0.3, 0.4) is 0 Å². The number of benzene rings is 3. The Labute approximate surface area is 190 Å². The van der Waals surface area contributed by atoms with Crippen molar-refractivity contribution in [3.8, 4) is 0 Å². The Balaban J connectivity index is 1.36. The van der Waals surface area contributed by atoms with Crippen molar-refractivity contribution in [3.63, 3.8) is 0 Å². The van der Waals surface area contributed by atoms with Crippen molar-refractivity contribution in [1.29, 1.82) is 0 Å². The molecule has 0 saturated heterocycles. The first kappa shape index (κ1) is 20.8. The van der Waals surface area contributed by atoms with Crippen LogP contribution in [0.2, 0.25) is 0 Å². The van der Waals surface area contributed by atoms with Crippen LogP contribution in [0.25, 0.3) is 0 Å². The van der Waals surface area contributed by atoms with Crippen LogP contribution >= 0.6 is 0 Å². The topological polar surface area (TPSA) is 145 Å². The molecule has 0 fully saturated rings. The zero-order valence-electron chi connectivity index (χ0n) is 17.0. The number of rotatable bonds is 4. The second kappa shape index (κ2) is 7.78. The molecule has 2 heterocycles. The lowest BCUT2D eigenvalue weighted by molar-refractivity contribution is 0.0425. The number of cyclic esters (lactones) is 4. The van der Waals surface area contributed by atoms with Crippen LogP contribution in [0.15, 0.2) is 60.7 Å². The zero-order valence-corrected chi connectivity index (χ0v) is 17.0. The van der Waals surface area contributed by atoms with Gasteiger partial charge in [0.05, 0.1) is 33.6 Å². The number of esters is 4. The second-order valence-electron chi connectivity index (χ2n) is 7.33. The first-order chi connectivity index (χ1) is 16.3. The summed E-state index contributed by atoms with van der Waals surface area (Å²) in [6.07, 6.45) is 0. The molecular formula is C24H12N2O8. The van der Waals surface area contributed by atoms with Gasteiger partial charge in [-0.1, -0.05) is 12.1 Å². The average Bonchev–Trinajstić information content (AvgIpc) is 3.28. The fourth-order valence-corrected chi connectivity index (χ4v) is 3.54. The van der Waals surface area contributed by atoms with Gasteiger partial charge in [0.2, 0.25) is 0 Å². The first-order valence-electron chi connectivity index (χ1n) is 9.84. The van der Waals surface area contributed by atoms with Crippen LogP contribution < -0.4 is 10.6 Å². The number of fused-ring (bicyclic) bond motifs is 2. The SMILES string of the molecule is O=C(Nc1ccccc1NC(=O)c1ccc2c(c1)C(=O)OC2=O)c1ccc2c(c1)C(=O)OC2=O. The number of hydrogen-bond acceptors (Lipinski definition) is 8. The Morgan fingerprint density at radius 1 is 0.529 bits per heavy atom. The van der Waals surface area contributed by atoms with E-state index in [2.05, 4.69) is 20.1 Å². The number of hydrogen-bond donors (Lipinski definition) is 2. The third-order valence-corrected chi connectivity index (χ3v) is 5.24. The van der Waals surface area contributed by atoms with Gasteiger partial charge in [-0.15, -0.1) is 0 Å². The number of nitrogens with one attached hydrogen (secondary N) is 2. The molecule has 10 heteroatoms. The van der Waals surface area contributed by atoms with Crippen LogP contribution in [0, 0.1) is 0 Å². The van der Waals surface area contributed by atoms with Gasteiger partial charge in [0.1, 0.15) is 0 Å². The summed E-state index contributed by atoms with van der Waals surface area (Å²) >= 11 is 0. The van der Waals surface area contributed by atoms with E-state index in [9.17, 15) is 28.8 Å². The minimum Gasteiger partial charge on any atom is -0.386 e. The summed E-state index contributed by atoms with van der Waals surface area (Å²) in [5, 5.41) is 5.29. The largest absolute Gasteiger partial charge is 0.386 e. The highest BCUT2D eigenvalue weighted by Gasteiger charge is 2.31. The monoisotopic (exact) mass is 456 g/mol. The summed E-state index contributed by atoms with van der Waals surface area (Å²) in [6, 6.07) is 14.3. The van der Waals surface area contributed by atoms with E-state index in [1.54, 1.807) is 24.3 Å². The standard InChI is InChI=1S/C24H12N2O8/c27-19(11-5-7-13-15(9-11)23(31)33-21(13)29)25-17-3-1-2-4-18(17)26-20(28)12-6-8-14-16(10-12)24(32)34-22(14)30/h1-10H,(H,25,27)(H,26,28). The molecule has 3 aromatic rings. The van der Waals surface area contributed by atoms with Crippen molar-refractivity contribution in [2.45, 2.75) is 0 Å². The molecule has 166 valence electrons. The molecular weight excluding hydrogens is 444 g/mol. The van der Waals surface area contributed by atoms with E-state index >= 15 is 0 Å². The number of anilines is 2. The van der Waals surface area contributed by atoms with Crippen molar-refractivity contribution in [2.24, 2.45) is 0 Å². The molecule has 2 amide bonds. The Morgan fingerprint density at radius 2 is 0.912 bits per heavy atom. The highest BCUT2D eigenvalue weighted by molar-refractivity contribution is 6.18. The molecule has 2 aliphatic heterocycles. The van der Waals surface area contributed by atoms with Gasteiger partial charge >= 0.3 is 23.9 Å². The summed E-state index contributed by atoms with van der Waals surface area (Å²) in [5.74, 6) is -4.39. The fourth-order valence-electron chi connectivity index (χ4n) is 3.54. The maximum Gasteiger partial charge on any atom is 0.346 e. The number of para-hydroxylation sites is 2. The van der Waals surface area contributed by atoms with E-state index in [1.165, 1.54) is 36.4 Å². The van der Waals surface area contributed by atoms with Crippen molar-refractivity contribution in [3.05, 3.63) is 94.0 Å². The van der Waals surface area contributed by atoms with Gasteiger partial charge in [-0.2, -0.15) is 0 Å². The quantitative estimate of drug-likeness (QED) is 0.450. The lowest BCUT2D eigenvalue weighted by atomic mass is 10.0. The van der Waals surface area contributed by atoms with Crippen LogP contribution in [0.4, 0.5) is 11.4 Å². The highest BCUT2D eigenvalue weighted by Crippen LogP contribution is 2.26. The third kappa shape index (κ3) is 3.48. The molecule has 0 aliphatic carbocycles. The molecule has 0 atom stereocenters. The predicted molar refractivity (Wildman–Crippen MR) is 115 cm³/mol. The Kier molecular flexibility index (Phi) is 4.75. The third-order valence-electron chi connectivity index (χ3n) is 5.24. The fraction of sp³-hybridized carbons (Fsp3) is 0. The van der Waals surface area contributed by atoms with E-state index < -0.39 is 35.7 Å². The lowest BCUT2D eigenvalue weighted by Gasteiger charge is -2.13. The summed E-state index contributed by atoms with van der Waals surface area (Å²) in [5.41, 5.74) is 0.872. The van der Waals surface area contributed by atoms with Gasteiger partial charge in [-0.05, 0) is 48.5 Å². The molecule has 0 saturated carbocycles. The molecule has 10 nitrogen and oxygen atoms in total. The molecule has 0 spiro atoms. The first-order valence-corrected chi connectivity index (χ1v) is 9.84. The molecule has 2 aliphatic rings. The normalized spacial score (nSPS) is 13.6. The summed E-state index contributed by atoms with van der Waals surface area (Å²) in [4.78, 5) is 72.2. The van der Waals surface area contributed by atoms with Crippen LogP contribution in [0.5, 0.6) is 0 Å². The van der Waals surface area contributed by atoms with Gasteiger partial charge in [0.15, 0.2) is 0 Å². The van der Waals surface area contributed by atoms with Crippen molar-refractivity contribution >= 4 is 47.1 Å². The van der Waals surface area contributed by atoms with Gasteiger partial charge in [-0.25, -0.2) is 19.2 Å². The summed E-state index contributed by atoms with van der Waals surface area (Å²) < 4.78 is 9.05. The highest BCUT2D eigenvalue weighted by atomic mass is 16.6. The molecule has 0 radical (unpaired) electrons. The molecule has 0 aromatic heterocycles. The number of ether oxygens (including phenoxy) is 2. The van der Waals surface area contributed by atoms with Gasteiger partial charge in [-0.3, -0.25) is 9.59 Å². The van der Waals surface area contributed by atoms with E-state index in [0.29, 0.717) is 0 Å². The molecule has 0 bridgehead atoms. The number of carbonyl (C=O) groups excluding carboxylic acids is 6. The lowest BCUT2D eigenvalue weighted by Crippen LogP contribution is -2.17. The van der Waals surface area contributed by atoms with Crippen LogP contribution in [0.1, 0.15) is 62.1 Å². The molecule has 3 aromatic carbocycles. The minimum atomic E-state index is -0.831. The molecule has 0 unspecified atom stereocenters. The summed E-state index contributed by atoms with van der Waals surface area (Å²) in [6.45, 7) is 0. The van der Waals surface area contributed by atoms with Crippen LogP contribution in [-0.4, -0.2) is 35.7 Å². The Bertz CT molecular complexity index is 1360. The summed E-state index contributed by atoms with van der Waals surface area (Å²) in [7, 11) is 0. The zero-order chi connectivity index (χ0) is 24.0. The smallest absolute Gasteiger partial charge is 0.346 e. The van der Waals surface area contributed by atoms with Gasteiger partial charge in [0.25, 0.3) is 11.8 Å². The molecule has 2 N–H and O–H groups in total. The van der Waals surface area contributed by atoms with E-state index in [0.717, 1.165) is 0 Å². The van der Waals surface area contributed by atoms with Crippen molar-refractivity contribution in [1.82, 2.24) is 0 Å². The van der Waals surface area contributed by atoms with Gasteiger partial charge in [0, 0.05) is 11.1 Å². The van der Waals surface area contributed by atoms with E-state index in [4.69, 9.17) is 0 Å². The Morgan fingerprint density at radius 3 is 1.32 bits per heavy atom. The average molecular weight is 456 g/mol. The maximum absolute atomic E-state index is 12.8. The maximum atomic E-state index is 12.8.